The van der Waals surface area contributed by atoms with E-state index in [2.05, 4.69) is 22.1 Å². The van der Waals surface area contributed by atoms with Crippen molar-refractivity contribution in [2.75, 3.05) is 13.1 Å². The molecule has 1 unspecified atom stereocenters. The Balaban J connectivity index is 1.51. The fourth-order valence-corrected chi connectivity index (χ4v) is 4.60. The number of aromatic nitrogens is 3. The first-order valence-electron chi connectivity index (χ1n) is 11.2. The number of hydrogen-bond donors (Lipinski definition) is 1. The predicted octanol–water partition coefficient (Wildman–Crippen LogP) is 3.25. The Kier molecular flexibility index (Phi) is 6.33. The van der Waals surface area contributed by atoms with E-state index in [1.54, 1.807) is 0 Å². The summed E-state index contributed by atoms with van der Waals surface area (Å²) in [6.07, 6.45) is 8.53. The van der Waals surface area contributed by atoms with Crippen molar-refractivity contribution in [3.05, 3.63) is 34.5 Å². The van der Waals surface area contributed by atoms with E-state index in [1.807, 2.05) is 17.9 Å². The number of carbonyl (C=O) groups excluding carboxylic acids is 1. The number of aryl methyl sites for hydroxylation is 2. The average Bonchev–Trinajstić information content (AvgIpc) is 3.18. The maximum absolute atomic E-state index is 13.3. The van der Waals surface area contributed by atoms with Crippen LogP contribution in [0.5, 0.6) is 0 Å². The molecule has 29 heavy (non-hydrogen) atoms. The van der Waals surface area contributed by atoms with Gasteiger partial charge >= 0.3 is 0 Å². The van der Waals surface area contributed by atoms with Crippen LogP contribution in [-0.2, 0) is 25.9 Å². The molecule has 0 saturated carbocycles. The SMILES string of the molecule is CCCn1nc(C(=O)N2CCCCCC2)c2c1CCC(NCc1cc(C)no1)C2. The lowest BCUT2D eigenvalue weighted by atomic mass is 9.91. The number of hydrogen-bond acceptors (Lipinski definition) is 5. The van der Waals surface area contributed by atoms with Crippen LogP contribution >= 0.6 is 0 Å². The molecule has 1 atom stereocenters. The van der Waals surface area contributed by atoms with E-state index in [1.165, 1.54) is 18.5 Å². The summed E-state index contributed by atoms with van der Waals surface area (Å²) in [5.41, 5.74) is 4.01. The summed E-state index contributed by atoms with van der Waals surface area (Å²) >= 11 is 0. The lowest BCUT2D eigenvalue weighted by Gasteiger charge is -2.25. The van der Waals surface area contributed by atoms with E-state index in [0.29, 0.717) is 18.3 Å². The molecule has 4 rings (SSSR count). The molecule has 2 aromatic rings. The van der Waals surface area contributed by atoms with Gasteiger partial charge in [-0.25, -0.2) is 0 Å². The van der Waals surface area contributed by atoms with Crippen LogP contribution < -0.4 is 5.32 Å². The van der Waals surface area contributed by atoms with Crippen LogP contribution in [-0.4, -0.2) is 44.9 Å². The molecule has 2 aliphatic rings. The molecular weight excluding hydrogens is 366 g/mol. The lowest BCUT2D eigenvalue weighted by Crippen LogP contribution is -2.36. The molecule has 0 aromatic carbocycles. The number of nitrogens with zero attached hydrogens (tertiary/aromatic N) is 4. The first-order valence-corrected chi connectivity index (χ1v) is 11.2. The maximum Gasteiger partial charge on any atom is 0.274 e. The van der Waals surface area contributed by atoms with Gasteiger partial charge in [-0.15, -0.1) is 0 Å². The highest BCUT2D eigenvalue weighted by molar-refractivity contribution is 5.94. The second-order valence-corrected chi connectivity index (χ2v) is 8.46. The van der Waals surface area contributed by atoms with Crippen LogP contribution in [0.2, 0.25) is 0 Å². The molecule has 1 aliphatic carbocycles. The zero-order chi connectivity index (χ0) is 20.2. The number of nitrogens with one attached hydrogen (secondary N) is 1. The second-order valence-electron chi connectivity index (χ2n) is 8.46. The fraction of sp³-hybridized carbons (Fsp3) is 0.682. The van der Waals surface area contributed by atoms with Gasteiger partial charge in [-0.2, -0.15) is 5.10 Å². The largest absolute Gasteiger partial charge is 0.360 e. The molecule has 1 amide bonds. The Labute approximate surface area is 172 Å². The molecule has 3 heterocycles. The third-order valence-electron chi connectivity index (χ3n) is 6.12. The lowest BCUT2D eigenvalue weighted by molar-refractivity contribution is 0.0753. The Morgan fingerprint density at radius 3 is 2.76 bits per heavy atom. The Morgan fingerprint density at radius 1 is 1.28 bits per heavy atom. The average molecular weight is 400 g/mol. The summed E-state index contributed by atoms with van der Waals surface area (Å²) < 4.78 is 7.42. The highest BCUT2D eigenvalue weighted by Crippen LogP contribution is 2.27. The molecular formula is C22H33N5O2. The van der Waals surface area contributed by atoms with Crippen molar-refractivity contribution >= 4 is 5.91 Å². The standard InChI is InChI=1S/C22H33N5O2/c1-3-10-27-20-9-8-17(23-15-18-13-16(2)25-29-18)14-19(20)21(24-27)22(28)26-11-6-4-5-7-12-26/h13,17,23H,3-12,14-15H2,1-2H3. The predicted molar refractivity (Wildman–Crippen MR) is 111 cm³/mol. The summed E-state index contributed by atoms with van der Waals surface area (Å²) in [6, 6.07) is 2.29. The highest BCUT2D eigenvalue weighted by Gasteiger charge is 2.31. The van der Waals surface area contributed by atoms with Crippen molar-refractivity contribution in [1.29, 1.82) is 0 Å². The minimum atomic E-state index is 0.129. The number of likely N-dealkylation sites (tertiary alicyclic amines) is 1. The highest BCUT2D eigenvalue weighted by atomic mass is 16.5. The van der Waals surface area contributed by atoms with Gasteiger partial charge in [0.1, 0.15) is 0 Å². The van der Waals surface area contributed by atoms with Crippen LogP contribution in [0, 0.1) is 6.92 Å². The van der Waals surface area contributed by atoms with Gasteiger partial charge < -0.3 is 14.7 Å². The Hall–Kier alpha value is -2.15. The quantitative estimate of drug-likeness (QED) is 0.807. The van der Waals surface area contributed by atoms with E-state index >= 15 is 0 Å². The monoisotopic (exact) mass is 399 g/mol. The van der Waals surface area contributed by atoms with Gasteiger partial charge in [0.15, 0.2) is 11.5 Å². The van der Waals surface area contributed by atoms with E-state index < -0.39 is 0 Å². The smallest absolute Gasteiger partial charge is 0.274 e. The van der Waals surface area contributed by atoms with Crippen molar-refractivity contribution in [2.45, 2.75) is 84.3 Å². The second kappa shape index (κ2) is 9.11. The molecule has 0 spiro atoms. The van der Waals surface area contributed by atoms with Crippen LogP contribution in [0.25, 0.3) is 0 Å². The van der Waals surface area contributed by atoms with Gasteiger partial charge in [-0.1, -0.05) is 24.9 Å². The zero-order valence-corrected chi connectivity index (χ0v) is 17.7. The summed E-state index contributed by atoms with van der Waals surface area (Å²) in [6.45, 7) is 7.37. The molecule has 0 radical (unpaired) electrons. The van der Waals surface area contributed by atoms with Crippen molar-refractivity contribution < 1.29 is 9.32 Å². The molecule has 0 bridgehead atoms. The van der Waals surface area contributed by atoms with Crippen molar-refractivity contribution in [3.63, 3.8) is 0 Å². The number of carbonyl (C=O) groups is 1. The van der Waals surface area contributed by atoms with Crippen LogP contribution in [0.4, 0.5) is 0 Å². The minimum Gasteiger partial charge on any atom is -0.360 e. The van der Waals surface area contributed by atoms with Gasteiger partial charge in [-0.3, -0.25) is 9.48 Å². The van der Waals surface area contributed by atoms with Gasteiger partial charge in [0.05, 0.1) is 12.2 Å². The zero-order valence-electron chi connectivity index (χ0n) is 17.7. The van der Waals surface area contributed by atoms with Gasteiger partial charge in [-0.05, 0) is 45.4 Å². The summed E-state index contributed by atoms with van der Waals surface area (Å²) in [5.74, 6) is 0.986. The third kappa shape index (κ3) is 4.55. The van der Waals surface area contributed by atoms with Crippen molar-refractivity contribution in [2.24, 2.45) is 0 Å². The van der Waals surface area contributed by atoms with Crippen LogP contribution in [0.3, 0.4) is 0 Å². The molecule has 7 heteroatoms. The topological polar surface area (TPSA) is 76.2 Å². The van der Waals surface area contributed by atoms with E-state index in [0.717, 1.165) is 75.2 Å². The molecule has 1 aliphatic heterocycles. The first kappa shape index (κ1) is 20.1. The Bertz CT molecular complexity index is 832. The number of fused-ring (bicyclic) bond motifs is 1. The molecule has 2 aromatic heterocycles. The van der Waals surface area contributed by atoms with Crippen LogP contribution in [0.1, 0.15) is 78.6 Å². The van der Waals surface area contributed by atoms with E-state index in [-0.39, 0.29) is 5.91 Å². The van der Waals surface area contributed by atoms with Gasteiger partial charge in [0, 0.05) is 43.0 Å². The van der Waals surface area contributed by atoms with Crippen LogP contribution in [0.15, 0.2) is 10.6 Å². The number of amides is 1. The normalized spacial score (nSPS) is 19.8. The van der Waals surface area contributed by atoms with E-state index in [9.17, 15) is 4.79 Å². The summed E-state index contributed by atoms with van der Waals surface area (Å²) in [5, 5.41) is 12.4. The first-order chi connectivity index (χ1) is 14.2. The van der Waals surface area contributed by atoms with Gasteiger partial charge in [0.25, 0.3) is 5.91 Å². The molecule has 1 fully saturated rings. The molecule has 1 saturated heterocycles. The fourth-order valence-electron chi connectivity index (χ4n) is 4.60. The minimum absolute atomic E-state index is 0.129. The van der Waals surface area contributed by atoms with E-state index in [4.69, 9.17) is 9.62 Å². The van der Waals surface area contributed by atoms with Gasteiger partial charge in [0.2, 0.25) is 0 Å². The molecule has 1 N–H and O–H groups in total. The molecule has 7 nitrogen and oxygen atoms in total. The Morgan fingerprint density at radius 2 is 2.07 bits per heavy atom. The summed E-state index contributed by atoms with van der Waals surface area (Å²) in [4.78, 5) is 15.4. The third-order valence-corrected chi connectivity index (χ3v) is 6.12. The van der Waals surface area contributed by atoms with Crippen molar-refractivity contribution in [3.8, 4) is 0 Å². The van der Waals surface area contributed by atoms with Crippen molar-refractivity contribution in [1.82, 2.24) is 25.2 Å². The maximum atomic E-state index is 13.3. The molecule has 158 valence electrons. The summed E-state index contributed by atoms with van der Waals surface area (Å²) in [7, 11) is 0. The number of rotatable bonds is 6.